The molecule has 1 saturated heterocycles. The lowest BCUT2D eigenvalue weighted by atomic mass is 10.0. The Labute approximate surface area is 86.2 Å². The van der Waals surface area contributed by atoms with Crippen molar-refractivity contribution in [2.24, 2.45) is 0 Å². The van der Waals surface area contributed by atoms with Gasteiger partial charge in [0, 0.05) is 18.0 Å². The first kappa shape index (κ1) is 10.4. The number of rotatable bonds is 2. The zero-order valence-electron chi connectivity index (χ0n) is 7.89. The topological polar surface area (TPSA) is 95.7 Å². The molecule has 0 spiro atoms. The Kier molecular flexibility index (Phi) is 2.92. The first-order valence-electron chi connectivity index (χ1n) is 4.61. The molecule has 0 aromatic carbocycles. The Bertz CT molecular complexity index is 321. The third kappa shape index (κ3) is 1.84. The summed E-state index contributed by atoms with van der Waals surface area (Å²) in [6.45, 7) is -0.331. The summed E-state index contributed by atoms with van der Waals surface area (Å²) < 4.78 is 5.29. The summed E-state index contributed by atoms with van der Waals surface area (Å²) in [6, 6.07) is 0. The number of hydrogen-bond donors (Lipinski definition) is 3. The monoisotopic (exact) mass is 212 g/mol. The number of nitrogens with zero attached hydrogens (tertiary/aromatic N) is 2. The zero-order valence-corrected chi connectivity index (χ0v) is 7.89. The fourth-order valence-electron chi connectivity index (χ4n) is 1.63. The van der Waals surface area contributed by atoms with Gasteiger partial charge in [0.15, 0.2) is 0 Å². The molecule has 1 aromatic heterocycles. The average molecular weight is 212 g/mol. The highest BCUT2D eigenvalue weighted by molar-refractivity contribution is 5.12. The highest BCUT2D eigenvalue weighted by Crippen LogP contribution is 2.32. The van der Waals surface area contributed by atoms with E-state index in [4.69, 9.17) is 9.84 Å². The fraction of sp³-hybridized carbons (Fsp3) is 0.556. The fourth-order valence-corrected chi connectivity index (χ4v) is 1.63. The molecule has 0 aliphatic carbocycles. The molecule has 82 valence electrons. The number of aliphatic hydroxyl groups excluding tert-OH is 3. The van der Waals surface area contributed by atoms with E-state index in [2.05, 4.69) is 9.97 Å². The number of aliphatic hydroxyl groups is 3. The largest absolute Gasteiger partial charge is 0.394 e. The average Bonchev–Trinajstić information content (AvgIpc) is 2.57. The number of hydrogen-bond acceptors (Lipinski definition) is 6. The molecule has 6 nitrogen and oxygen atoms in total. The van der Waals surface area contributed by atoms with Crippen LogP contribution in [0.25, 0.3) is 0 Å². The predicted molar refractivity (Wildman–Crippen MR) is 48.7 cm³/mol. The predicted octanol–water partition coefficient (Wildman–Crippen LogP) is -1.37. The van der Waals surface area contributed by atoms with Crippen molar-refractivity contribution in [2.45, 2.75) is 24.4 Å². The van der Waals surface area contributed by atoms with Gasteiger partial charge in [-0.25, -0.2) is 9.97 Å². The first-order chi connectivity index (χ1) is 7.24. The first-order valence-corrected chi connectivity index (χ1v) is 4.61. The van der Waals surface area contributed by atoms with Crippen molar-refractivity contribution in [3.05, 3.63) is 24.3 Å². The highest BCUT2D eigenvalue weighted by Gasteiger charge is 2.43. The molecule has 0 amide bonds. The van der Waals surface area contributed by atoms with Gasteiger partial charge in [0.25, 0.3) is 0 Å². The van der Waals surface area contributed by atoms with Crippen LogP contribution in [-0.2, 0) is 4.74 Å². The molecule has 0 bridgehead atoms. The maximum Gasteiger partial charge on any atom is 0.115 e. The quantitative estimate of drug-likeness (QED) is 0.560. The third-order valence-electron chi connectivity index (χ3n) is 2.45. The van der Waals surface area contributed by atoms with Crippen molar-refractivity contribution in [3.8, 4) is 0 Å². The Morgan fingerprint density at radius 2 is 1.87 bits per heavy atom. The summed E-state index contributed by atoms with van der Waals surface area (Å²) in [6.07, 6.45) is 0.794. The molecule has 6 heteroatoms. The van der Waals surface area contributed by atoms with Crippen molar-refractivity contribution in [1.82, 2.24) is 9.97 Å². The minimum atomic E-state index is -1.08. The summed E-state index contributed by atoms with van der Waals surface area (Å²) in [5.41, 5.74) is 0.583. The molecular weight excluding hydrogens is 200 g/mol. The second-order valence-electron chi connectivity index (χ2n) is 3.43. The van der Waals surface area contributed by atoms with Crippen LogP contribution in [0.15, 0.2) is 18.7 Å². The summed E-state index contributed by atoms with van der Waals surface area (Å²) in [4.78, 5) is 7.59. The SMILES string of the molecule is OCC1OC(c2cncnc2)C(O)C1O. The number of ether oxygens (including phenoxy) is 1. The second-order valence-corrected chi connectivity index (χ2v) is 3.43. The van der Waals surface area contributed by atoms with Crippen LogP contribution in [0.4, 0.5) is 0 Å². The van der Waals surface area contributed by atoms with Crippen molar-refractivity contribution in [2.75, 3.05) is 6.61 Å². The van der Waals surface area contributed by atoms with Gasteiger partial charge in [-0.05, 0) is 0 Å². The molecule has 3 N–H and O–H groups in total. The molecule has 1 fully saturated rings. The standard InChI is InChI=1S/C9H12N2O4/c12-3-6-7(13)8(14)9(15-6)5-1-10-4-11-2-5/h1-2,4,6-9,12-14H,3H2. The summed E-state index contributed by atoms with van der Waals surface area (Å²) >= 11 is 0. The molecule has 4 unspecified atom stereocenters. The maximum absolute atomic E-state index is 9.67. The highest BCUT2D eigenvalue weighted by atomic mass is 16.6. The lowest BCUT2D eigenvalue weighted by Gasteiger charge is -2.13. The molecule has 1 aliphatic rings. The summed E-state index contributed by atoms with van der Waals surface area (Å²) in [5, 5.41) is 28.1. The van der Waals surface area contributed by atoms with E-state index in [0.717, 1.165) is 0 Å². The molecule has 4 atom stereocenters. The molecule has 2 rings (SSSR count). The van der Waals surface area contributed by atoms with Crippen LogP contribution >= 0.6 is 0 Å². The van der Waals surface area contributed by atoms with E-state index in [1.165, 1.54) is 18.7 Å². The van der Waals surface area contributed by atoms with E-state index in [1.54, 1.807) is 0 Å². The van der Waals surface area contributed by atoms with Gasteiger partial charge in [0.2, 0.25) is 0 Å². The Morgan fingerprint density at radius 3 is 2.40 bits per heavy atom. The van der Waals surface area contributed by atoms with Gasteiger partial charge in [-0.1, -0.05) is 0 Å². The van der Waals surface area contributed by atoms with Gasteiger partial charge >= 0.3 is 0 Å². The minimum absolute atomic E-state index is 0.331. The van der Waals surface area contributed by atoms with Crippen molar-refractivity contribution >= 4 is 0 Å². The lowest BCUT2D eigenvalue weighted by molar-refractivity contribution is -0.0229. The van der Waals surface area contributed by atoms with Crippen molar-refractivity contribution < 1.29 is 20.1 Å². The summed E-state index contributed by atoms with van der Waals surface area (Å²) in [5.74, 6) is 0. The van der Waals surface area contributed by atoms with Crippen LogP contribution < -0.4 is 0 Å². The van der Waals surface area contributed by atoms with E-state index in [9.17, 15) is 10.2 Å². The van der Waals surface area contributed by atoms with Gasteiger partial charge < -0.3 is 20.1 Å². The van der Waals surface area contributed by atoms with Crippen LogP contribution in [0.2, 0.25) is 0 Å². The van der Waals surface area contributed by atoms with Crippen LogP contribution in [0, 0.1) is 0 Å². The van der Waals surface area contributed by atoms with E-state index >= 15 is 0 Å². The van der Waals surface area contributed by atoms with E-state index in [-0.39, 0.29) is 6.61 Å². The molecule has 0 saturated carbocycles. The summed E-state index contributed by atoms with van der Waals surface area (Å²) in [7, 11) is 0. The molecule has 15 heavy (non-hydrogen) atoms. The minimum Gasteiger partial charge on any atom is -0.394 e. The van der Waals surface area contributed by atoms with Crippen LogP contribution in [0.1, 0.15) is 11.7 Å². The van der Waals surface area contributed by atoms with Gasteiger partial charge in [0.1, 0.15) is 30.7 Å². The van der Waals surface area contributed by atoms with E-state index in [1.807, 2.05) is 0 Å². The Balaban J connectivity index is 2.19. The van der Waals surface area contributed by atoms with Crippen LogP contribution in [-0.4, -0.2) is 50.2 Å². The molecule has 2 heterocycles. The molecule has 1 aromatic rings. The number of aromatic nitrogens is 2. The molecular formula is C9H12N2O4. The van der Waals surface area contributed by atoms with Gasteiger partial charge in [-0.2, -0.15) is 0 Å². The lowest BCUT2D eigenvalue weighted by Crippen LogP contribution is -2.32. The van der Waals surface area contributed by atoms with Gasteiger partial charge in [0.05, 0.1) is 6.61 Å². The van der Waals surface area contributed by atoms with E-state index in [0.29, 0.717) is 5.56 Å². The van der Waals surface area contributed by atoms with Gasteiger partial charge in [-0.3, -0.25) is 0 Å². The molecule has 0 radical (unpaired) electrons. The Hall–Kier alpha value is -1.08. The Morgan fingerprint density at radius 1 is 1.20 bits per heavy atom. The van der Waals surface area contributed by atoms with Crippen molar-refractivity contribution in [3.63, 3.8) is 0 Å². The maximum atomic E-state index is 9.67. The normalized spacial score (nSPS) is 35.7. The molecule has 1 aliphatic heterocycles. The van der Waals surface area contributed by atoms with Crippen LogP contribution in [0.5, 0.6) is 0 Å². The third-order valence-corrected chi connectivity index (χ3v) is 2.45. The smallest absolute Gasteiger partial charge is 0.115 e. The second kappa shape index (κ2) is 4.19. The van der Waals surface area contributed by atoms with Crippen LogP contribution in [0.3, 0.4) is 0 Å². The van der Waals surface area contributed by atoms with E-state index < -0.39 is 24.4 Å². The van der Waals surface area contributed by atoms with Gasteiger partial charge in [-0.15, -0.1) is 0 Å². The van der Waals surface area contributed by atoms with Crippen molar-refractivity contribution in [1.29, 1.82) is 0 Å². The zero-order chi connectivity index (χ0) is 10.8.